The molecular weight excluding hydrogens is 240 g/mol. The molecule has 0 spiro atoms. The third kappa shape index (κ3) is 2.36. The zero-order chi connectivity index (χ0) is 12.4. The molecule has 7 nitrogen and oxygen atoms in total. The third-order valence-corrected chi connectivity index (χ3v) is 3.10. The minimum atomic E-state index is -0.555. The second-order valence-corrected chi connectivity index (χ2v) is 4.34. The minimum Gasteiger partial charge on any atom is -0.398 e. The van der Waals surface area contributed by atoms with Crippen LogP contribution in [0.4, 0.5) is 5.69 Å². The van der Waals surface area contributed by atoms with Crippen molar-refractivity contribution in [2.75, 3.05) is 5.73 Å². The van der Waals surface area contributed by atoms with Crippen molar-refractivity contribution in [2.45, 2.75) is 10.1 Å². The number of hydrogen-bond donors (Lipinski definition) is 2. The molecule has 4 N–H and O–H groups in total. The van der Waals surface area contributed by atoms with Crippen LogP contribution in [-0.2, 0) is 7.05 Å². The lowest BCUT2D eigenvalue weighted by molar-refractivity contribution is 0.100. The molecule has 2 aromatic rings. The van der Waals surface area contributed by atoms with Crippen molar-refractivity contribution in [2.24, 2.45) is 12.8 Å². The van der Waals surface area contributed by atoms with E-state index in [1.165, 1.54) is 16.4 Å². The lowest BCUT2D eigenvalue weighted by Gasteiger charge is -2.04. The highest BCUT2D eigenvalue weighted by Gasteiger charge is 2.10. The van der Waals surface area contributed by atoms with Crippen LogP contribution in [0, 0.1) is 0 Å². The van der Waals surface area contributed by atoms with Gasteiger partial charge in [-0.05, 0) is 40.4 Å². The van der Waals surface area contributed by atoms with Crippen molar-refractivity contribution in [1.29, 1.82) is 0 Å². The number of anilines is 1. The maximum absolute atomic E-state index is 11.1. The molecule has 0 atom stereocenters. The van der Waals surface area contributed by atoms with Crippen molar-refractivity contribution in [3.05, 3.63) is 23.8 Å². The van der Waals surface area contributed by atoms with E-state index in [0.29, 0.717) is 16.4 Å². The molecule has 0 unspecified atom stereocenters. The van der Waals surface area contributed by atoms with Gasteiger partial charge in [-0.25, -0.2) is 4.68 Å². The molecule has 1 aromatic heterocycles. The average molecular weight is 250 g/mol. The summed E-state index contributed by atoms with van der Waals surface area (Å²) in [4.78, 5) is 11.9. The summed E-state index contributed by atoms with van der Waals surface area (Å²) in [7, 11) is 1.73. The number of tetrazole rings is 1. The summed E-state index contributed by atoms with van der Waals surface area (Å²) in [5.74, 6) is -0.555. The fraction of sp³-hybridized carbons (Fsp3) is 0.111. The van der Waals surface area contributed by atoms with Crippen LogP contribution >= 0.6 is 11.8 Å². The normalized spacial score (nSPS) is 10.4. The number of nitrogen functional groups attached to an aromatic ring is 1. The fourth-order valence-corrected chi connectivity index (χ4v) is 2.00. The summed E-state index contributed by atoms with van der Waals surface area (Å²) >= 11 is 1.32. The first-order chi connectivity index (χ1) is 8.08. The van der Waals surface area contributed by atoms with Crippen LogP contribution in [0.5, 0.6) is 0 Å². The molecule has 8 heteroatoms. The second kappa shape index (κ2) is 4.42. The Bertz CT molecular complexity index is 566. The first-order valence-corrected chi connectivity index (χ1v) is 5.49. The van der Waals surface area contributed by atoms with E-state index >= 15 is 0 Å². The van der Waals surface area contributed by atoms with Gasteiger partial charge in [-0.3, -0.25) is 4.79 Å². The largest absolute Gasteiger partial charge is 0.398 e. The first-order valence-electron chi connectivity index (χ1n) is 4.67. The van der Waals surface area contributed by atoms with Gasteiger partial charge in [0.25, 0.3) is 5.91 Å². The number of rotatable bonds is 3. The second-order valence-electron chi connectivity index (χ2n) is 3.30. The minimum absolute atomic E-state index is 0.296. The summed E-state index contributed by atoms with van der Waals surface area (Å²) in [6.45, 7) is 0. The number of nitrogens with two attached hydrogens (primary N) is 2. The molecule has 0 aliphatic heterocycles. The summed E-state index contributed by atoms with van der Waals surface area (Å²) in [5, 5.41) is 11.7. The molecule has 0 fully saturated rings. The molecule has 1 amide bonds. The van der Waals surface area contributed by atoms with Gasteiger partial charge in [-0.2, -0.15) is 0 Å². The molecule has 0 aliphatic rings. The zero-order valence-corrected chi connectivity index (χ0v) is 9.81. The molecule has 1 aromatic carbocycles. The van der Waals surface area contributed by atoms with E-state index in [1.807, 2.05) is 0 Å². The number of carbonyl (C=O) groups excluding carboxylic acids is 1. The van der Waals surface area contributed by atoms with Crippen LogP contribution < -0.4 is 11.5 Å². The van der Waals surface area contributed by atoms with E-state index in [0.717, 1.165) is 4.90 Å². The van der Waals surface area contributed by atoms with Gasteiger partial charge in [0.1, 0.15) is 0 Å². The molecule has 0 radical (unpaired) electrons. The molecular formula is C9H10N6OS. The van der Waals surface area contributed by atoms with Crippen molar-refractivity contribution < 1.29 is 4.79 Å². The van der Waals surface area contributed by atoms with E-state index in [4.69, 9.17) is 11.5 Å². The predicted molar refractivity (Wildman–Crippen MR) is 62.3 cm³/mol. The van der Waals surface area contributed by atoms with Gasteiger partial charge < -0.3 is 11.5 Å². The smallest absolute Gasteiger partial charge is 0.250 e. The monoisotopic (exact) mass is 250 g/mol. The standard InChI is InChI=1S/C9H10N6OS/c1-15-9(12-13-14-15)17-5-2-3-7(10)6(4-5)8(11)16/h2-4H,10H2,1H3,(H2,11,16). The molecule has 88 valence electrons. The van der Waals surface area contributed by atoms with E-state index in [1.54, 1.807) is 25.2 Å². The van der Waals surface area contributed by atoms with Gasteiger partial charge in [0.2, 0.25) is 5.16 Å². The summed E-state index contributed by atoms with van der Waals surface area (Å²) in [6.07, 6.45) is 0. The van der Waals surface area contributed by atoms with E-state index in [2.05, 4.69) is 15.5 Å². The van der Waals surface area contributed by atoms with Crippen LogP contribution in [0.1, 0.15) is 10.4 Å². The van der Waals surface area contributed by atoms with Crippen LogP contribution in [-0.4, -0.2) is 26.1 Å². The molecule has 0 saturated carbocycles. The quantitative estimate of drug-likeness (QED) is 0.744. The van der Waals surface area contributed by atoms with E-state index in [9.17, 15) is 4.79 Å². The first kappa shape index (κ1) is 11.4. The van der Waals surface area contributed by atoms with E-state index in [-0.39, 0.29) is 0 Å². The molecule has 0 aliphatic carbocycles. The highest BCUT2D eigenvalue weighted by molar-refractivity contribution is 7.99. The fourth-order valence-electron chi connectivity index (χ4n) is 1.23. The molecule has 0 saturated heterocycles. The maximum Gasteiger partial charge on any atom is 0.250 e. The number of hydrogen-bond acceptors (Lipinski definition) is 6. The number of aromatic nitrogens is 4. The average Bonchev–Trinajstić information content (AvgIpc) is 2.67. The SMILES string of the molecule is Cn1nnnc1Sc1ccc(N)c(C(N)=O)c1. The summed E-state index contributed by atoms with van der Waals surface area (Å²) in [5.41, 5.74) is 11.5. The number of carbonyl (C=O) groups is 1. The van der Waals surface area contributed by atoms with Crippen LogP contribution in [0.15, 0.2) is 28.3 Å². The Hall–Kier alpha value is -2.09. The maximum atomic E-state index is 11.1. The summed E-state index contributed by atoms with van der Waals surface area (Å²) < 4.78 is 1.53. The van der Waals surface area contributed by atoms with Gasteiger partial charge in [-0.15, -0.1) is 5.10 Å². The lowest BCUT2D eigenvalue weighted by Crippen LogP contribution is -2.13. The van der Waals surface area contributed by atoms with Gasteiger partial charge in [-0.1, -0.05) is 0 Å². The van der Waals surface area contributed by atoms with Gasteiger partial charge in [0.05, 0.1) is 5.56 Å². The van der Waals surface area contributed by atoms with Gasteiger partial charge >= 0.3 is 0 Å². The topological polar surface area (TPSA) is 113 Å². The van der Waals surface area contributed by atoms with Crippen LogP contribution in [0.25, 0.3) is 0 Å². The highest BCUT2D eigenvalue weighted by Crippen LogP contribution is 2.27. The van der Waals surface area contributed by atoms with Crippen LogP contribution in [0.2, 0.25) is 0 Å². The van der Waals surface area contributed by atoms with Gasteiger partial charge in [0, 0.05) is 17.6 Å². The number of nitrogens with zero attached hydrogens (tertiary/aromatic N) is 4. The molecule has 2 rings (SSSR count). The Morgan fingerprint density at radius 3 is 2.82 bits per heavy atom. The third-order valence-electron chi connectivity index (χ3n) is 2.08. The predicted octanol–water partition coefficient (Wildman–Crippen LogP) is 0.0424. The van der Waals surface area contributed by atoms with E-state index < -0.39 is 5.91 Å². The Labute approximate surface area is 101 Å². The van der Waals surface area contributed by atoms with Crippen LogP contribution in [0.3, 0.4) is 0 Å². The highest BCUT2D eigenvalue weighted by atomic mass is 32.2. The molecule has 1 heterocycles. The Balaban J connectivity index is 2.32. The number of amides is 1. The lowest BCUT2D eigenvalue weighted by atomic mass is 10.2. The Morgan fingerprint density at radius 1 is 1.47 bits per heavy atom. The number of aryl methyl sites for hydroxylation is 1. The Kier molecular flexibility index (Phi) is 2.96. The number of primary amides is 1. The molecule has 17 heavy (non-hydrogen) atoms. The van der Waals surface area contributed by atoms with Crippen molar-refractivity contribution in [3.8, 4) is 0 Å². The summed E-state index contributed by atoms with van der Waals surface area (Å²) in [6, 6.07) is 5.03. The zero-order valence-electron chi connectivity index (χ0n) is 8.99. The molecule has 0 bridgehead atoms. The Morgan fingerprint density at radius 2 is 2.24 bits per heavy atom. The van der Waals surface area contributed by atoms with Crippen molar-refractivity contribution in [3.63, 3.8) is 0 Å². The van der Waals surface area contributed by atoms with Crippen molar-refractivity contribution in [1.82, 2.24) is 20.2 Å². The van der Waals surface area contributed by atoms with Gasteiger partial charge in [0.15, 0.2) is 0 Å². The number of benzene rings is 1. The van der Waals surface area contributed by atoms with Crippen molar-refractivity contribution >= 4 is 23.4 Å².